The number of hydrogen-bond donors (Lipinski definition) is 0. The number of fused-ring (bicyclic) bond motifs is 4. The van der Waals surface area contributed by atoms with Crippen molar-refractivity contribution in [1.29, 1.82) is 0 Å². The maximum atomic E-state index is 5.65. The van der Waals surface area contributed by atoms with Gasteiger partial charge in [0.15, 0.2) is 17.1 Å². The van der Waals surface area contributed by atoms with Crippen molar-refractivity contribution in [1.82, 2.24) is 19.2 Å². The minimum atomic E-state index is 0.283. The molecule has 0 bridgehead atoms. The second-order valence-corrected chi connectivity index (χ2v) is 10.1. The molecule has 3 aromatic heterocycles. The lowest BCUT2D eigenvalue weighted by Gasteiger charge is -2.13. The predicted molar refractivity (Wildman–Crippen MR) is 143 cm³/mol. The SMILES string of the molecule is CCCc1cc2c(C)nc3c(-c4c(C)cc(C)cc4C)c(C)nn3c2n1Cc1ccc2c(c1)OCO2. The lowest BCUT2D eigenvalue weighted by molar-refractivity contribution is 0.174. The summed E-state index contributed by atoms with van der Waals surface area (Å²) >= 11 is 0. The molecule has 0 radical (unpaired) electrons. The maximum absolute atomic E-state index is 5.65. The third-order valence-corrected chi connectivity index (χ3v) is 7.27. The van der Waals surface area contributed by atoms with Crippen LogP contribution < -0.4 is 9.47 Å². The number of benzene rings is 2. The fraction of sp³-hybridized carbons (Fsp3) is 0.333. The standard InChI is InChI=1S/C30H32N4O2/c1-7-8-23-14-24-20(5)31-29-28(27-18(3)11-17(2)12-19(27)4)21(6)32-34(29)30(24)33(23)15-22-9-10-25-26(13-22)36-16-35-25/h9-14H,7-8,15-16H2,1-6H3. The van der Waals surface area contributed by atoms with E-state index in [-0.39, 0.29) is 6.79 Å². The van der Waals surface area contributed by atoms with Gasteiger partial charge in [0.05, 0.1) is 17.0 Å². The van der Waals surface area contributed by atoms with E-state index in [4.69, 9.17) is 19.6 Å². The first-order valence-electron chi connectivity index (χ1n) is 12.7. The maximum Gasteiger partial charge on any atom is 0.231 e. The summed E-state index contributed by atoms with van der Waals surface area (Å²) in [6.45, 7) is 14.0. The summed E-state index contributed by atoms with van der Waals surface area (Å²) in [6, 6.07) is 13.0. The molecule has 1 aliphatic rings. The quantitative estimate of drug-likeness (QED) is 0.284. The van der Waals surface area contributed by atoms with Crippen LogP contribution in [0.1, 0.15) is 52.7 Å². The van der Waals surface area contributed by atoms with Gasteiger partial charge in [0.2, 0.25) is 6.79 Å². The van der Waals surface area contributed by atoms with Gasteiger partial charge in [0.1, 0.15) is 5.65 Å². The molecule has 0 N–H and O–H groups in total. The lowest BCUT2D eigenvalue weighted by Crippen LogP contribution is -2.08. The van der Waals surface area contributed by atoms with Crippen molar-refractivity contribution >= 4 is 16.7 Å². The van der Waals surface area contributed by atoms with Crippen LogP contribution in [0.15, 0.2) is 36.4 Å². The average Bonchev–Trinajstić information content (AvgIpc) is 3.51. The Labute approximate surface area is 211 Å². The molecule has 0 saturated heterocycles. The molecule has 0 atom stereocenters. The van der Waals surface area contributed by atoms with Crippen LogP contribution in [-0.4, -0.2) is 26.0 Å². The van der Waals surface area contributed by atoms with Gasteiger partial charge >= 0.3 is 0 Å². The van der Waals surface area contributed by atoms with Gasteiger partial charge in [-0.05, 0) is 81.5 Å². The third kappa shape index (κ3) is 3.47. The average molecular weight is 481 g/mol. The van der Waals surface area contributed by atoms with Gasteiger partial charge in [-0.25, -0.2) is 4.98 Å². The Morgan fingerprint density at radius 1 is 0.861 bits per heavy atom. The van der Waals surface area contributed by atoms with E-state index >= 15 is 0 Å². The highest BCUT2D eigenvalue weighted by Crippen LogP contribution is 2.37. The first-order chi connectivity index (χ1) is 17.4. The Hall–Kier alpha value is -3.80. The zero-order valence-corrected chi connectivity index (χ0v) is 21.9. The van der Waals surface area contributed by atoms with Crippen molar-refractivity contribution in [3.8, 4) is 22.6 Å². The molecular weight excluding hydrogens is 448 g/mol. The third-order valence-electron chi connectivity index (χ3n) is 7.27. The molecule has 5 aromatic rings. The molecule has 4 heterocycles. The highest BCUT2D eigenvalue weighted by molar-refractivity contribution is 5.90. The highest BCUT2D eigenvalue weighted by atomic mass is 16.7. The lowest BCUT2D eigenvalue weighted by atomic mass is 9.94. The normalized spacial score (nSPS) is 12.8. The van der Waals surface area contributed by atoms with E-state index in [1.54, 1.807) is 0 Å². The molecule has 36 heavy (non-hydrogen) atoms. The largest absolute Gasteiger partial charge is 0.454 e. The topological polar surface area (TPSA) is 53.6 Å². The fourth-order valence-electron chi connectivity index (χ4n) is 5.80. The number of rotatable bonds is 5. The van der Waals surface area contributed by atoms with Crippen LogP contribution in [0.3, 0.4) is 0 Å². The number of ether oxygens (including phenoxy) is 2. The number of nitrogens with zero attached hydrogens (tertiary/aromatic N) is 4. The van der Waals surface area contributed by atoms with Crippen LogP contribution in [0.4, 0.5) is 0 Å². The molecule has 1 aliphatic heterocycles. The van der Waals surface area contributed by atoms with Crippen molar-refractivity contribution in [2.45, 2.75) is 60.9 Å². The van der Waals surface area contributed by atoms with E-state index in [1.165, 1.54) is 33.5 Å². The zero-order chi connectivity index (χ0) is 25.1. The summed E-state index contributed by atoms with van der Waals surface area (Å²) in [5.41, 5.74) is 12.7. The van der Waals surface area contributed by atoms with Gasteiger partial charge in [-0.3, -0.25) is 0 Å². The summed E-state index contributed by atoms with van der Waals surface area (Å²) < 4.78 is 15.7. The molecule has 6 heteroatoms. The Balaban J connectivity index is 1.61. The monoisotopic (exact) mass is 480 g/mol. The second-order valence-electron chi connectivity index (χ2n) is 10.1. The Bertz CT molecular complexity index is 1630. The van der Waals surface area contributed by atoms with Crippen LogP contribution in [-0.2, 0) is 13.0 Å². The van der Waals surface area contributed by atoms with Crippen LogP contribution in [0, 0.1) is 34.6 Å². The summed E-state index contributed by atoms with van der Waals surface area (Å²) in [7, 11) is 0. The molecule has 2 aromatic carbocycles. The summed E-state index contributed by atoms with van der Waals surface area (Å²) in [5.74, 6) is 1.62. The van der Waals surface area contributed by atoms with Gasteiger partial charge in [-0.15, -0.1) is 0 Å². The summed E-state index contributed by atoms with van der Waals surface area (Å²) in [6.07, 6.45) is 2.06. The Morgan fingerprint density at radius 3 is 2.36 bits per heavy atom. The van der Waals surface area contributed by atoms with Gasteiger partial charge in [0.25, 0.3) is 0 Å². The molecule has 184 valence electrons. The predicted octanol–water partition coefficient (Wildman–Crippen LogP) is 6.62. The summed E-state index contributed by atoms with van der Waals surface area (Å²) in [4.78, 5) is 5.13. The van der Waals surface area contributed by atoms with E-state index < -0.39 is 0 Å². The van der Waals surface area contributed by atoms with Crippen LogP contribution in [0.25, 0.3) is 27.8 Å². The second kappa shape index (κ2) is 8.40. The number of hydrogen-bond acceptors (Lipinski definition) is 4. The molecule has 0 fully saturated rings. The molecule has 0 unspecified atom stereocenters. The van der Waals surface area contributed by atoms with E-state index in [2.05, 4.69) is 81.0 Å². The van der Waals surface area contributed by atoms with Crippen molar-refractivity contribution < 1.29 is 9.47 Å². The fourth-order valence-corrected chi connectivity index (χ4v) is 5.80. The smallest absolute Gasteiger partial charge is 0.231 e. The van der Waals surface area contributed by atoms with E-state index in [0.717, 1.165) is 64.5 Å². The molecule has 6 nitrogen and oxygen atoms in total. The molecule has 0 aliphatic carbocycles. The van der Waals surface area contributed by atoms with Crippen molar-refractivity contribution in [2.75, 3.05) is 6.79 Å². The van der Waals surface area contributed by atoms with E-state index in [0.29, 0.717) is 0 Å². The van der Waals surface area contributed by atoms with Gasteiger partial charge in [0, 0.05) is 17.6 Å². The van der Waals surface area contributed by atoms with Gasteiger partial charge in [-0.2, -0.15) is 9.61 Å². The molecule has 0 saturated carbocycles. The minimum Gasteiger partial charge on any atom is -0.454 e. The van der Waals surface area contributed by atoms with E-state index in [1.807, 2.05) is 6.07 Å². The van der Waals surface area contributed by atoms with Crippen molar-refractivity contribution in [2.24, 2.45) is 0 Å². The zero-order valence-electron chi connectivity index (χ0n) is 21.9. The molecular formula is C30H32N4O2. The van der Waals surface area contributed by atoms with Crippen LogP contribution in [0.5, 0.6) is 11.5 Å². The first-order valence-corrected chi connectivity index (χ1v) is 12.7. The molecule has 0 amide bonds. The van der Waals surface area contributed by atoms with Crippen LogP contribution >= 0.6 is 0 Å². The van der Waals surface area contributed by atoms with Crippen LogP contribution in [0.2, 0.25) is 0 Å². The minimum absolute atomic E-state index is 0.283. The highest BCUT2D eigenvalue weighted by Gasteiger charge is 2.23. The first kappa shape index (κ1) is 22.7. The molecule has 0 spiro atoms. The molecule has 6 rings (SSSR count). The van der Waals surface area contributed by atoms with Gasteiger partial charge < -0.3 is 14.0 Å². The number of aromatic nitrogens is 4. The van der Waals surface area contributed by atoms with Crippen molar-refractivity contribution in [3.63, 3.8) is 0 Å². The Kier molecular flexibility index (Phi) is 5.29. The van der Waals surface area contributed by atoms with Crippen molar-refractivity contribution in [3.05, 3.63) is 75.7 Å². The van der Waals surface area contributed by atoms with Gasteiger partial charge in [-0.1, -0.05) is 37.1 Å². The Morgan fingerprint density at radius 2 is 1.61 bits per heavy atom. The number of aryl methyl sites for hydroxylation is 6. The summed E-state index contributed by atoms with van der Waals surface area (Å²) in [5, 5.41) is 6.24. The van der Waals surface area contributed by atoms with E-state index in [9.17, 15) is 0 Å².